The lowest BCUT2D eigenvalue weighted by Crippen LogP contribution is -2.45. The van der Waals surface area contributed by atoms with Crippen molar-refractivity contribution in [1.29, 1.82) is 0 Å². The smallest absolute Gasteiger partial charge is 0.238 e. The zero-order valence-corrected chi connectivity index (χ0v) is 17.5. The number of anilines is 1. The number of amides is 1. The maximum atomic E-state index is 12.4. The number of carbonyl (C=O) groups is 1. The molecule has 28 heavy (non-hydrogen) atoms. The highest BCUT2D eigenvalue weighted by molar-refractivity contribution is 7.89. The SMILES string of the molecule is CC1CCN(CC2CCCN(CC(=O)Nc3ccc(S(N)(=O)=O)cc3)C2)CC1. The highest BCUT2D eigenvalue weighted by Crippen LogP contribution is 2.22. The second-order valence-corrected chi connectivity index (χ2v) is 9.91. The zero-order valence-electron chi connectivity index (χ0n) is 16.6. The summed E-state index contributed by atoms with van der Waals surface area (Å²) in [7, 11) is -3.72. The summed E-state index contributed by atoms with van der Waals surface area (Å²) in [6.45, 7) is 8.15. The van der Waals surface area contributed by atoms with E-state index >= 15 is 0 Å². The number of hydrogen-bond donors (Lipinski definition) is 2. The first-order chi connectivity index (χ1) is 13.3. The van der Waals surface area contributed by atoms with Crippen LogP contribution in [-0.4, -0.2) is 63.4 Å². The first-order valence-electron chi connectivity index (χ1n) is 10.2. The van der Waals surface area contributed by atoms with Crippen LogP contribution in [0.5, 0.6) is 0 Å². The molecule has 2 aliphatic heterocycles. The Balaban J connectivity index is 1.45. The molecule has 2 aliphatic rings. The molecule has 0 radical (unpaired) electrons. The number of primary sulfonamides is 1. The Labute approximate surface area is 168 Å². The van der Waals surface area contributed by atoms with E-state index in [1.54, 1.807) is 12.1 Å². The molecule has 1 atom stereocenters. The molecular formula is C20H32N4O3S. The van der Waals surface area contributed by atoms with Crippen LogP contribution in [0, 0.1) is 11.8 Å². The summed E-state index contributed by atoms with van der Waals surface area (Å²) in [6.07, 6.45) is 4.95. The van der Waals surface area contributed by atoms with Gasteiger partial charge in [-0.3, -0.25) is 9.69 Å². The maximum Gasteiger partial charge on any atom is 0.238 e. The predicted octanol–water partition coefficient (Wildman–Crippen LogP) is 1.72. The Morgan fingerprint density at radius 1 is 1.11 bits per heavy atom. The third-order valence-electron chi connectivity index (χ3n) is 5.83. The van der Waals surface area contributed by atoms with E-state index in [1.807, 2.05) is 0 Å². The number of nitrogens with two attached hydrogens (primary N) is 1. The van der Waals surface area contributed by atoms with Crippen molar-refractivity contribution >= 4 is 21.6 Å². The Morgan fingerprint density at radius 2 is 1.79 bits per heavy atom. The standard InChI is InChI=1S/C20H32N4O3S/c1-16-8-11-23(12-9-16)13-17-3-2-10-24(14-17)15-20(25)22-18-4-6-19(7-5-18)28(21,26)27/h4-7,16-17H,2-3,8-15H2,1H3,(H,22,25)(H2,21,26,27). The molecule has 0 aliphatic carbocycles. The van der Waals surface area contributed by atoms with Gasteiger partial charge in [0.15, 0.2) is 0 Å². The van der Waals surface area contributed by atoms with Gasteiger partial charge in [0, 0.05) is 18.8 Å². The molecule has 2 heterocycles. The molecule has 1 aromatic rings. The number of piperidine rings is 2. The Morgan fingerprint density at radius 3 is 2.43 bits per heavy atom. The minimum Gasteiger partial charge on any atom is -0.325 e. The number of likely N-dealkylation sites (tertiary alicyclic amines) is 2. The van der Waals surface area contributed by atoms with Crippen LogP contribution in [0.3, 0.4) is 0 Å². The molecule has 3 rings (SSSR count). The molecule has 1 aromatic carbocycles. The summed E-state index contributed by atoms with van der Waals surface area (Å²) in [4.78, 5) is 17.2. The van der Waals surface area contributed by atoms with Crippen LogP contribution in [-0.2, 0) is 14.8 Å². The lowest BCUT2D eigenvalue weighted by molar-refractivity contribution is -0.117. The van der Waals surface area contributed by atoms with Gasteiger partial charge in [0.2, 0.25) is 15.9 Å². The normalized spacial score (nSPS) is 22.9. The molecule has 2 saturated heterocycles. The summed E-state index contributed by atoms with van der Waals surface area (Å²) >= 11 is 0. The van der Waals surface area contributed by atoms with Crippen molar-refractivity contribution in [2.75, 3.05) is 44.6 Å². The van der Waals surface area contributed by atoms with Crippen molar-refractivity contribution in [3.8, 4) is 0 Å². The predicted molar refractivity (Wildman–Crippen MR) is 110 cm³/mol. The number of hydrogen-bond acceptors (Lipinski definition) is 5. The minimum atomic E-state index is -3.72. The van der Waals surface area contributed by atoms with Gasteiger partial charge >= 0.3 is 0 Å². The second-order valence-electron chi connectivity index (χ2n) is 8.34. The Kier molecular flexibility index (Phi) is 7.09. The van der Waals surface area contributed by atoms with E-state index in [-0.39, 0.29) is 10.8 Å². The van der Waals surface area contributed by atoms with E-state index in [2.05, 4.69) is 22.0 Å². The number of sulfonamides is 1. The lowest BCUT2D eigenvalue weighted by atomic mass is 9.94. The van der Waals surface area contributed by atoms with E-state index in [0.717, 1.165) is 32.0 Å². The van der Waals surface area contributed by atoms with Crippen LogP contribution in [0.15, 0.2) is 29.2 Å². The van der Waals surface area contributed by atoms with Gasteiger partial charge in [0.05, 0.1) is 11.4 Å². The van der Waals surface area contributed by atoms with Crippen molar-refractivity contribution in [3.05, 3.63) is 24.3 Å². The largest absolute Gasteiger partial charge is 0.325 e. The molecule has 0 saturated carbocycles. The fourth-order valence-electron chi connectivity index (χ4n) is 4.19. The van der Waals surface area contributed by atoms with Crippen LogP contribution in [0.25, 0.3) is 0 Å². The lowest BCUT2D eigenvalue weighted by Gasteiger charge is -2.37. The van der Waals surface area contributed by atoms with Crippen molar-refractivity contribution < 1.29 is 13.2 Å². The highest BCUT2D eigenvalue weighted by atomic mass is 32.2. The van der Waals surface area contributed by atoms with Crippen molar-refractivity contribution in [1.82, 2.24) is 9.80 Å². The van der Waals surface area contributed by atoms with E-state index in [0.29, 0.717) is 18.2 Å². The fourth-order valence-corrected chi connectivity index (χ4v) is 4.70. The number of nitrogens with zero attached hydrogens (tertiary/aromatic N) is 2. The van der Waals surface area contributed by atoms with Crippen LogP contribution < -0.4 is 10.5 Å². The summed E-state index contributed by atoms with van der Waals surface area (Å²) < 4.78 is 22.6. The highest BCUT2D eigenvalue weighted by Gasteiger charge is 2.25. The fraction of sp³-hybridized carbons (Fsp3) is 0.650. The second kappa shape index (κ2) is 9.35. The maximum absolute atomic E-state index is 12.4. The average Bonchev–Trinajstić information content (AvgIpc) is 2.63. The number of carbonyl (C=O) groups excluding carboxylic acids is 1. The van der Waals surface area contributed by atoms with Crippen molar-refractivity contribution in [2.45, 2.75) is 37.5 Å². The van der Waals surface area contributed by atoms with E-state index in [4.69, 9.17) is 5.14 Å². The summed E-state index contributed by atoms with van der Waals surface area (Å²) in [5.74, 6) is 1.40. The van der Waals surface area contributed by atoms with Gasteiger partial charge in [-0.05, 0) is 81.4 Å². The van der Waals surface area contributed by atoms with Crippen LogP contribution >= 0.6 is 0 Å². The first kappa shape index (κ1) is 21.2. The molecule has 1 amide bonds. The molecule has 8 heteroatoms. The van der Waals surface area contributed by atoms with Crippen LogP contribution in [0.4, 0.5) is 5.69 Å². The zero-order chi connectivity index (χ0) is 20.1. The molecule has 0 bridgehead atoms. The topological polar surface area (TPSA) is 95.7 Å². The van der Waals surface area contributed by atoms with E-state index < -0.39 is 10.0 Å². The summed E-state index contributed by atoms with van der Waals surface area (Å²) in [5.41, 5.74) is 0.577. The quantitative estimate of drug-likeness (QED) is 0.747. The van der Waals surface area contributed by atoms with Gasteiger partial charge in [-0.1, -0.05) is 6.92 Å². The van der Waals surface area contributed by atoms with Crippen LogP contribution in [0.2, 0.25) is 0 Å². The molecular weight excluding hydrogens is 376 g/mol. The molecule has 0 aromatic heterocycles. The molecule has 1 unspecified atom stereocenters. The van der Waals surface area contributed by atoms with Gasteiger partial charge in [-0.15, -0.1) is 0 Å². The molecule has 7 nitrogen and oxygen atoms in total. The minimum absolute atomic E-state index is 0.0384. The van der Waals surface area contributed by atoms with E-state index in [9.17, 15) is 13.2 Å². The number of nitrogens with one attached hydrogen (secondary N) is 1. The van der Waals surface area contributed by atoms with Gasteiger partial charge in [0.25, 0.3) is 0 Å². The molecule has 0 spiro atoms. The van der Waals surface area contributed by atoms with Gasteiger partial charge in [-0.25, -0.2) is 13.6 Å². The third kappa shape index (κ3) is 6.27. The van der Waals surface area contributed by atoms with Crippen molar-refractivity contribution in [2.24, 2.45) is 17.0 Å². The number of rotatable bonds is 6. The molecule has 2 fully saturated rings. The monoisotopic (exact) mass is 408 g/mol. The number of benzene rings is 1. The van der Waals surface area contributed by atoms with Gasteiger partial charge < -0.3 is 10.2 Å². The van der Waals surface area contributed by atoms with Gasteiger partial charge in [-0.2, -0.15) is 0 Å². The van der Waals surface area contributed by atoms with Gasteiger partial charge in [0.1, 0.15) is 0 Å². The third-order valence-corrected chi connectivity index (χ3v) is 6.76. The Bertz CT molecular complexity index is 758. The molecule has 3 N–H and O–H groups in total. The summed E-state index contributed by atoms with van der Waals surface area (Å²) in [5, 5.41) is 7.94. The average molecular weight is 409 g/mol. The summed E-state index contributed by atoms with van der Waals surface area (Å²) in [6, 6.07) is 5.94. The van der Waals surface area contributed by atoms with Crippen molar-refractivity contribution in [3.63, 3.8) is 0 Å². The Hall–Kier alpha value is -1.48. The molecule has 156 valence electrons. The van der Waals surface area contributed by atoms with E-state index in [1.165, 1.54) is 44.5 Å². The first-order valence-corrected chi connectivity index (χ1v) is 11.7. The van der Waals surface area contributed by atoms with Crippen LogP contribution in [0.1, 0.15) is 32.6 Å².